The molecule has 0 saturated carbocycles. The number of anilines is 1. The van der Waals surface area contributed by atoms with Crippen molar-refractivity contribution in [3.8, 4) is 0 Å². The molecule has 22 heavy (non-hydrogen) atoms. The van der Waals surface area contributed by atoms with Crippen LogP contribution in [0, 0.1) is 6.92 Å². The minimum Gasteiger partial charge on any atom is -0.325 e. The van der Waals surface area contributed by atoms with Gasteiger partial charge in [-0.2, -0.15) is 9.61 Å². The number of amides is 1. The van der Waals surface area contributed by atoms with E-state index in [2.05, 4.69) is 30.6 Å². The smallest absolute Gasteiger partial charge is 0.273 e. The number of H-pyrrole nitrogens is 1. The van der Waals surface area contributed by atoms with Crippen LogP contribution >= 0.6 is 11.8 Å². The zero-order chi connectivity index (χ0) is 15.5. The molecule has 3 aromatic heterocycles. The van der Waals surface area contributed by atoms with Crippen LogP contribution in [-0.4, -0.2) is 41.4 Å². The molecule has 0 aliphatic carbocycles. The van der Waals surface area contributed by atoms with Gasteiger partial charge in [0.15, 0.2) is 0 Å². The van der Waals surface area contributed by atoms with Crippen molar-refractivity contribution in [2.24, 2.45) is 0 Å². The quantitative estimate of drug-likeness (QED) is 0.662. The molecule has 0 unspecified atom stereocenters. The van der Waals surface area contributed by atoms with E-state index >= 15 is 0 Å². The van der Waals surface area contributed by atoms with Crippen LogP contribution in [0.5, 0.6) is 0 Å². The Bertz CT molecular complexity index is 874. The first-order valence-electron chi connectivity index (χ1n) is 6.28. The number of pyridine rings is 1. The maximum Gasteiger partial charge on any atom is 0.273 e. The molecule has 0 aliphatic rings. The fourth-order valence-electron chi connectivity index (χ4n) is 1.67. The van der Waals surface area contributed by atoms with E-state index in [-0.39, 0.29) is 23.0 Å². The first kappa shape index (κ1) is 14.2. The van der Waals surface area contributed by atoms with E-state index in [0.717, 1.165) is 0 Å². The van der Waals surface area contributed by atoms with Crippen LogP contribution < -0.4 is 10.9 Å². The normalized spacial score (nSPS) is 10.8. The number of nitrogens with one attached hydrogen (secondary N) is 2. The number of rotatable bonds is 4. The Morgan fingerprint density at radius 3 is 2.91 bits per heavy atom. The van der Waals surface area contributed by atoms with Gasteiger partial charge in [-0.15, -0.1) is 10.2 Å². The van der Waals surface area contributed by atoms with Crippen molar-refractivity contribution < 1.29 is 4.79 Å². The second-order valence-electron chi connectivity index (χ2n) is 4.33. The number of nitrogens with zero attached hydrogens (tertiary/aromatic N) is 5. The van der Waals surface area contributed by atoms with E-state index < -0.39 is 0 Å². The summed E-state index contributed by atoms with van der Waals surface area (Å²) in [6, 6.07) is 3.40. The van der Waals surface area contributed by atoms with Crippen LogP contribution in [0.1, 0.15) is 5.69 Å². The van der Waals surface area contributed by atoms with Crippen LogP contribution in [0.25, 0.3) is 5.78 Å². The van der Waals surface area contributed by atoms with Gasteiger partial charge in [-0.3, -0.25) is 19.6 Å². The van der Waals surface area contributed by atoms with E-state index in [1.165, 1.54) is 16.3 Å². The second-order valence-corrected chi connectivity index (χ2v) is 5.27. The first-order chi connectivity index (χ1) is 10.6. The molecule has 3 heterocycles. The summed E-state index contributed by atoms with van der Waals surface area (Å²) >= 11 is 1.18. The van der Waals surface area contributed by atoms with Gasteiger partial charge in [-0.05, 0) is 19.1 Å². The SMILES string of the molecule is Cc1nn2c(SCC(=O)Nc3ccncc3)nnc2[nH]c1=O. The van der Waals surface area contributed by atoms with Gasteiger partial charge in [0, 0.05) is 18.1 Å². The lowest BCUT2D eigenvalue weighted by atomic mass is 10.4. The lowest BCUT2D eigenvalue weighted by Crippen LogP contribution is -2.16. The predicted molar refractivity (Wildman–Crippen MR) is 79.7 cm³/mol. The third-order valence-electron chi connectivity index (χ3n) is 2.71. The molecular formula is C12H11N7O2S. The van der Waals surface area contributed by atoms with Gasteiger partial charge in [0.1, 0.15) is 5.69 Å². The summed E-state index contributed by atoms with van der Waals surface area (Å²) in [7, 11) is 0. The third kappa shape index (κ3) is 2.96. The molecule has 9 nitrogen and oxygen atoms in total. The Balaban J connectivity index is 1.70. The number of carbonyl (C=O) groups excluding carboxylic acids is 1. The van der Waals surface area contributed by atoms with Gasteiger partial charge in [-0.25, -0.2) is 0 Å². The fraction of sp³-hybridized carbons (Fsp3) is 0.167. The minimum atomic E-state index is -0.313. The molecule has 2 N–H and O–H groups in total. The molecule has 3 aromatic rings. The fourth-order valence-corrected chi connectivity index (χ4v) is 2.35. The Hall–Kier alpha value is -2.75. The van der Waals surface area contributed by atoms with Crippen molar-refractivity contribution in [1.29, 1.82) is 0 Å². The molecule has 0 radical (unpaired) electrons. The number of thioether (sulfide) groups is 1. The van der Waals surface area contributed by atoms with Crippen LogP contribution in [0.4, 0.5) is 5.69 Å². The Morgan fingerprint density at radius 2 is 2.14 bits per heavy atom. The van der Waals surface area contributed by atoms with E-state index in [0.29, 0.717) is 16.5 Å². The van der Waals surface area contributed by atoms with Gasteiger partial charge in [0.25, 0.3) is 11.3 Å². The summed E-state index contributed by atoms with van der Waals surface area (Å²) in [5.41, 5.74) is 0.660. The van der Waals surface area contributed by atoms with Crippen molar-refractivity contribution in [2.75, 3.05) is 11.1 Å². The summed E-state index contributed by atoms with van der Waals surface area (Å²) in [6.45, 7) is 1.59. The van der Waals surface area contributed by atoms with Crippen molar-refractivity contribution >= 4 is 29.1 Å². The lowest BCUT2D eigenvalue weighted by molar-refractivity contribution is -0.113. The monoisotopic (exact) mass is 317 g/mol. The minimum absolute atomic E-state index is 0.142. The maximum absolute atomic E-state index is 11.9. The Labute approximate surface area is 128 Å². The number of aryl methyl sites for hydroxylation is 1. The van der Waals surface area contributed by atoms with Crippen LogP contribution in [0.2, 0.25) is 0 Å². The molecule has 0 aromatic carbocycles. The molecule has 0 aliphatic heterocycles. The summed E-state index contributed by atoms with van der Waals surface area (Å²) in [5.74, 6) is 0.199. The Kier molecular flexibility index (Phi) is 3.83. The highest BCUT2D eigenvalue weighted by molar-refractivity contribution is 7.99. The second kappa shape index (κ2) is 5.93. The first-order valence-corrected chi connectivity index (χ1v) is 7.27. The number of aromatic nitrogens is 6. The molecule has 0 spiro atoms. The van der Waals surface area contributed by atoms with E-state index in [1.54, 1.807) is 31.5 Å². The molecule has 0 saturated heterocycles. The number of fused-ring (bicyclic) bond motifs is 1. The van der Waals surface area contributed by atoms with Gasteiger partial charge < -0.3 is 5.32 Å². The third-order valence-corrected chi connectivity index (χ3v) is 3.63. The van der Waals surface area contributed by atoms with Crippen LogP contribution in [0.3, 0.4) is 0 Å². The summed E-state index contributed by atoms with van der Waals surface area (Å²) in [5, 5.41) is 15.0. The van der Waals surface area contributed by atoms with E-state index in [9.17, 15) is 9.59 Å². The molecule has 0 atom stereocenters. The standard InChI is InChI=1S/C12H11N7O2S/c1-7-10(21)15-11-16-17-12(19(11)18-7)22-6-9(20)14-8-2-4-13-5-3-8/h2-5H,6H2,1H3,(H,13,14,20)(H,15,16,21). The van der Waals surface area contributed by atoms with Crippen molar-refractivity contribution in [3.05, 3.63) is 40.6 Å². The number of carbonyl (C=O) groups is 1. The number of hydrogen-bond acceptors (Lipinski definition) is 7. The number of hydrogen-bond donors (Lipinski definition) is 2. The highest BCUT2D eigenvalue weighted by atomic mass is 32.2. The molecule has 10 heteroatoms. The maximum atomic E-state index is 11.9. The average molecular weight is 317 g/mol. The van der Waals surface area contributed by atoms with Crippen LogP contribution in [-0.2, 0) is 4.79 Å². The summed E-state index contributed by atoms with van der Waals surface area (Å²) < 4.78 is 1.40. The van der Waals surface area contributed by atoms with E-state index in [4.69, 9.17) is 0 Å². The van der Waals surface area contributed by atoms with Gasteiger partial charge in [0.05, 0.1) is 5.75 Å². The van der Waals surface area contributed by atoms with Gasteiger partial charge in [0.2, 0.25) is 11.1 Å². The predicted octanol–water partition coefficient (Wildman–Crippen LogP) is 0.247. The molecular weight excluding hydrogens is 306 g/mol. The number of aromatic amines is 1. The van der Waals surface area contributed by atoms with Crippen LogP contribution in [0.15, 0.2) is 34.5 Å². The lowest BCUT2D eigenvalue weighted by Gasteiger charge is -2.03. The molecule has 0 fully saturated rings. The van der Waals surface area contributed by atoms with Gasteiger partial charge in [-0.1, -0.05) is 11.8 Å². The van der Waals surface area contributed by atoms with Crippen molar-refractivity contribution in [1.82, 2.24) is 29.8 Å². The molecule has 112 valence electrons. The molecule has 3 rings (SSSR count). The van der Waals surface area contributed by atoms with E-state index in [1.807, 2.05) is 0 Å². The Morgan fingerprint density at radius 1 is 1.36 bits per heavy atom. The highest BCUT2D eigenvalue weighted by Gasteiger charge is 2.12. The zero-order valence-corrected chi connectivity index (χ0v) is 12.3. The summed E-state index contributed by atoms with van der Waals surface area (Å²) in [4.78, 5) is 29.7. The largest absolute Gasteiger partial charge is 0.325 e. The average Bonchev–Trinajstić information content (AvgIpc) is 2.89. The van der Waals surface area contributed by atoms with Gasteiger partial charge >= 0.3 is 0 Å². The highest BCUT2D eigenvalue weighted by Crippen LogP contribution is 2.15. The zero-order valence-electron chi connectivity index (χ0n) is 11.5. The molecule has 0 bridgehead atoms. The van der Waals surface area contributed by atoms with Crippen molar-refractivity contribution in [3.63, 3.8) is 0 Å². The molecule has 1 amide bonds. The van der Waals surface area contributed by atoms with Crippen molar-refractivity contribution in [2.45, 2.75) is 12.1 Å². The summed E-state index contributed by atoms with van der Waals surface area (Å²) in [6.07, 6.45) is 3.19. The topological polar surface area (TPSA) is 118 Å².